The van der Waals surface area contributed by atoms with Gasteiger partial charge in [0, 0.05) is 23.8 Å². The molecule has 0 radical (unpaired) electrons. The van der Waals surface area contributed by atoms with E-state index < -0.39 is 0 Å². The van der Waals surface area contributed by atoms with E-state index in [1.54, 1.807) is 56.4 Å². The van der Waals surface area contributed by atoms with E-state index in [0.29, 0.717) is 129 Å². The number of carbonyl (C=O) groups is 4. The van der Waals surface area contributed by atoms with Crippen molar-refractivity contribution in [2.45, 2.75) is 117 Å². The fraction of sp³-hybridized carbons (Fsp3) is 0.485. The highest BCUT2D eigenvalue weighted by Crippen LogP contribution is 2.35. The maximum atomic E-state index is 13.3. The Bertz CT molecular complexity index is 2860. The van der Waals surface area contributed by atoms with Crippen LogP contribution in [0.15, 0.2) is 120 Å². The number of thiazole rings is 1. The minimum atomic E-state index is -0.352. The van der Waals surface area contributed by atoms with Gasteiger partial charge in [-0.15, -0.1) is 0 Å². The van der Waals surface area contributed by atoms with Crippen molar-refractivity contribution in [2.75, 3.05) is 71.7 Å². The van der Waals surface area contributed by atoms with E-state index >= 15 is 0 Å². The van der Waals surface area contributed by atoms with Gasteiger partial charge in [-0.05, 0) is 207 Å². The third-order valence-electron chi connectivity index (χ3n) is 14.6. The fourth-order valence-corrected chi connectivity index (χ4v) is 10.5. The first-order valence-electron chi connectivity index (χ1n) is 29.6. The molecule has 0 aliphatic heterocycles. The number of fused-ring (bicyclic) bond motifs is 1. The first-order valence-corrected chi connectivity index (χ1v) is 30.4. The van der Waals surface area contributed by atoms with Gasteiger partial charge < -0.3 is 47.4 Å². The Hall–Kier alpha value is -7.28. The average molecular weight is 1170 g/mol. The van der Waals surface area contributed by atoms with Crippen molar-refractivity contribution in [1.82, 2.24) is 4.98 Å². The summed E-state index contributed by atoms with van der Waals surface area (Å²) in [5.74, 6) is 2.65. The first-order chi connectivity index (χ1) is 40.9. The van der Waals surface area contributed by atoms with E-state index in [2.05, 4.69) is 13.2 Å². The summed E-state index contributed by atoms with van der Waals surface area (Å²) in [6.07, 6.45) is 15.0. The van der Waals surface area contributed by atoms with Crippen LogP contribution in [0.4, 0.5) is 5.13 Å². The summed E-state index contributed by atoms with van der Waals surface area (Å²) in [5, 5.41) is 7.33. The smallest absolute Gasteiger partial charge is 0.333 e. The molecule has 2 saturated carbocycles. The number of para-hydroxylation sites is 1. The molecule has 5 aromatic rings. The van der Waals surface area contributed by atoms with E-state index in [4.69, 9.17) is 57.5 Å². The maximum Gasteiger partial charge on any atom is 0.333 e. The molecule has 0 N–H and O–H groups in total. The number of hydrazone groups is 1. The molecular formula is C66H83N3O14S. The van der Waals surface area contributed by atoms with Crippen LogP contribution in [-0.2, 0) is 38.1 Å². The molecule has 452 valence electrons. The first kappa shape index (κ1) is 64.3. The van der Waals surface area contributed by atoms with Gasteiger partial charge in [-0.3, -0.25) is 9.59 Å². The number of aromatic nitrogens is 1. The summed E-state index contributed by atoms with van der Waals surface area (Å²) in [6, 6.07) is 28.1. The predicted molar refractivity (Wildman–Crippen MR) is 324 cm³/mol. The Morgan fingerprint density at radius 2 is 1.06 bits per heavy atom. The quantitative estimate of drug-likeness (QED) is 0.00699. The Kier molecular flexibility index (Phi) is 26.9. The zero-order valence-corrected chi connectivity index (χ0v) is 49.9. The van der Waals surface area contributed by atoms with Crippen LogP contribution in [0.5, 0.6) is 34.5 Å². The summed E-state index contributed by atoms with van der Waals surface area (Å²) >= 11 is 1.52. The van der Waals surface area contributed by atoms with Crippen molar-refractivity contribution in [3.8, 4) is 34.5 Å². The molecule has 2 aliphatic rings. The minimum Gasteiger partial charge on any atom is -0.494 e. The highest BCUT2D eigenvalue weighted by atomic mass is 32.1. The number of anilines is 1. The van der Waals surface area contributed by atoms with Crippen molar-refractivity contribution >= 4 is 56.8 Å². The summed E-state index contributed by atoms with van der Waals surface area (Å²) in [7, 11) is 1.63. The number of hydrogen-bond donors (Lipinski definition) is 0. The Morgan fingerprint density at radius 1 is 0.571 bits per heavy atom. The van der Waals surface area contributed by atoms with Gasteiger partial charge in [0.2, 0.25) is 5.13 Å². The number of nitrogens with zero attached hydrogens (tertiary/aromatic N) is 3. The number of rotatable bonds is 36. The lowest BCUT2D eigenvalue weighted by Gasteiger charge is -2.28. The largest absolute Gasteiger partial charge is 0.494 e. The molecule has 0 amide bonds. The number of benzene rings is 4. The Morgan fingerprint density at radius 3 is 1.57 bits per heavy atom. The van der Waals surface area contributed by atoms with Gasteiger partial charge in [-0.1, -0.05) is 36.6 Å². The predicted octanol–water partition coefficient (Wildman–Crippen LogP) is 13.5. The van der Waals surface area contributed by atoms with Gasteiger partial charge in [0.1, 0.15) is 41.2 Å². The van der Waals surface area contributed by atoms with Gasteiger partial charge >= 0.3 is 23.9 Å². The van der Waals surface area contributed by atoms with Crippen LogP contribution in [0.25, 0.3) is 10.2 Å². The van der Waals surface area contributed by atoms with Gasteiger partial charge in [-0.25, -0.2) is 19.6 Å². The molecule has 0 atom stereocenters. The van der Waals surface area contributed by atoms with Gasteiger partial charge in [0.25, 0.3) is 0 Å². The molecule has 1 aromatic heterocycles. The zero-order valence-electron chi connectivity index (χ0n) is 49.1. The third kappa shape index (κ3) is 22.0. The van der Waals surface area contributed by atoms with Crippen LogP contribution in [-0.4, -0.2) is 102 Å². The lowest BCUT2D eigenvalue weighted by atomic mass is 9.82. The number of methoxy groups -OCH3 is 1. The molecule has 2 aliphatic carbocycles. The number of esters is 4. The van der Waals surface area contributed by atoms with Gasteiger partial charge in [-0.2, -0.15) is 5.10 Å². The summed E-state index contributed by atoms with van der Waals surface area (Å²) < 4.78 is 59.0. The van der Waals surface area contributed by atoms with Crippen molar-refractivity contribution in [1.29, 1.82) is 0 Å². The fourth-order valence-electron chi connectivity index (χ4n) is 9.61. The van der Waals surface area contributed by atoms with Crippen LogP contribution in [0.2, 0.25) is 0 Å². The number of hydrogen-bond acceptors (Lipinski definition) is 18. The average Bonchev–Trinajstić information content (AvgIpc) is 4.07. The monoisotopic (exact) mass is 1170 g/mol. The Balaban J connectivity index is 0.871. The van der Waals surface area contributed by atoms with E-state index in [9.17, 15) is 19.2 Å². The van der Waals surface area contributed by atoms with Crippen LogP contribution in [0, 0.1) is 23.7 Å². The van der Waals surface area contributed by atoms with E-state index in [1.807, 2.05) is 66.7 Å². The van der Waals surface area contributed by atoms with Crippen LogP contribution in [0.1, 0.15) is 122 Å². The lowest BCUT2D eigenvalue weighted by molar-refractivity contribution is -0.141. The molecule has 84 heavy (non-hydrogen) atoms. The molecule has 2 fully saturated rings. The molecule has 0 saturated heterocycles. The topological polar surface area (TPSA) is 189 Å². The third-order valence-corrected chi connectivity index (χ3v) is 15.7. The van der Waals surface area contributed by atoms with Crippen molar-refractivity contribution in [3.05, 3.63) is 121 Å². The molecule has 0 bridgehead atoms. The Labute approximate surface area is 498 Å². The number of ether oxygens (including phenoxy) is 10. The standard InChI is InChI=1S/C66H83N3O14S/c1-47(2)62(70)78-38-14-8-6-12-36-76-54-26-30-56(31-27-54)82-64(72)51-22-18-49(19-23-51)44-80-58-34-35-60(53(42-58)43-67-69(46-75-41-40-74-5)66-68-59-16-10-11-17-61(59)84-66)81-45-50-20-24-52(25-21-50)65(73)83-57-32-28-55(29-33-57)77-37-13-7-9-15-39-79-63(71)48(3)4/h10-11,16-17,26-35,42-43,49-52H,1,3,6-9,12-15,18-25,36-41,44-46H2,2,4-5H3/b67-43+. The highest BCUT2D eigenvalue weighted by Gasteiger charge is 2.30. The normalized spacial score (nSPS) is 16.8. The summed E-state index contributed by atoms with van der Waals surface area (Å²) in [6.45, 7) is 14.3. The maximum absolute atomic E-state index is 13.3. The highest BCUT2D eigenvalue weighted by molar-refractivity contribution is 7.22. The van der Waals surface area contributed by atoms with Crippen molar-refractivity contribution in [2.24, 2.45) is 28.8 Å². The zero-order chi connectivity index (χ0) is 59.3. The molecule has 7 rings (SSSR count). The molecule has 0 unspecified atom stereocenters. The molecular weight excluding hydrogens is 1090 g/mol. The van der Waals surface area contributed by atoms with E-state index in [-0.39, 0.29) is 54.3 Å². The second-order valence-electron chi connectivity index (χ2n) is 21.5. The second kappa shape index (κ2) is 35.1. The van der Waals surface area contributed by atoms with E-state index in [0.717, 1.165) is 92.8 Å². The number of unbranched alkanes of at least 4 members (excludes halogenated alkanes) is 6. The van der Waals surface area contributed by atoms with Crippen LogP contribution in [0.3, 0.4) is 0 Å². The van der Waals surface area contributed by atoms with Crippen LogP contribution < -0.4 is 33.4 Å². The summed E-state index contributed by atoms with van der Waals surface area (Å²) in [5.41, 5.74) is 2.40. The molecule has 0 spiro atoms. The molecule has 17 nitrogen and oxygen atoms in total. The minimum absolute atomic E-state index is 0.151. The van der Waals surface area contributed by atoms with Crippen LogP contribution >= 0.6 is 11.3 Å². The van der Waals surface area contributed by atoms with Gasteiger partial charge in [0.05, 0.1) is 81.1 Å². The van der Waals surface area contributed by atoms with E-state index in [1.165, 1.54) is 11.3 Å². The second-order valence-corrected chi connectivity index (χ2v) is 22.5. The number of carbonyl (C=O) groups excluding carboxylic acids is 4. The van der Waals surface area contributed by atoms with Crippen molar-refractivity contribution < 1.29 is 66.5 Å². The lowest BCUT2D eigenvalue weighted by Crippen LogP contribution is -2.28. The van der Waals surface area contributed by atoms with Gasteiger partial charge in [0.15, 0.2) is 0 Å². The summed E-state index contributed by atoms with van der Waals surface area (Å²) in [4.78, 5) is 54.5. The molecule has 4 aromatic carbocycles. The molecule has 18 heteroatoms. The SMILES string of the molecule is C=C(C)C(=O)OCCCCCCOc1ccc(OC(=O)C2CCC(COc3ccc(OCC4CCC(C(=O)Oc5ccc(OCCCCCCOC(=O)C(=C)C)cc5)CC4)c(/C=N/N(COCCOC)c4nc5ccccc5s4)c3)CC2)cc1. The van der Waals surface area contributed by atoms with Crippen molar-refractivity contribution in [3.63, 3.8) is 0 Å². The molecule has 1 heterocycles.